The van der Waals surface area contributed by atoms with E-state index in [1.54, 1.807) is 0 Å². The molecule has 0 amide bonds. The number of pyridine rings is 1. The Kier molecular flexibility index (Phi) is 4.17. The molecule has 0 unspecified atom stereocenters. The zero-order valence-electron chi connectivity index (χ0n) is 8.36. The second-order valence-electron chi connectivity index (χ2n) is 2.69. The fourth-order valence-corrected chi connectivity index (χ4v) is 0.878. The first-order chi connectivity index (χ1) is 7.24. The molecule has 0 atom stereocenters. The number of hydrogen-bond acceptors (Lipinski definition) is 3. The first kappa shape index (κ1) is 11.1. The average molecular weight is 205 g/mol. The standard InChI is InChI=1S/C11H11NO3/c1-2-3-4-7-15-10-6-5-9(8-12-10)11(13)14/h5-6,8H,2,7H2,1H3,(H,13,14). The maximum atomic E-state index is 10.5. The molecule has 0 aliphatic rings. The van der Waals surface area contributed by atoms with E-state index in [0.29, 0.717) is 5.88 Å². The number of carbonyl (C=O) groups is 1. The highest BCUT2D eigenvalue weighted by atomic mass is 16.5. The van der Waals surface area contributed by atoms with Crippen molar-refractivity contribution in [1.29, 1.82) is 0 Å². The molecular weight excluding hydrogens is 194 g/mol. The van der Waals surface area contributed by atoms with E-state index in [2.05, 4.69) is 16.8 Å². The summed E-state index contributed by atoms with van der Waals surface area (Å²) in [6.07, 6.45) is 2.04. The summed E-state index contributed by atoms with van der Waals surface area (Å²) in [6.45, 7) is 2.22. The van der Waals surface area contributed by atoms with Crippen LogP contribution in [0.1, 0.15) is 23.7 Å². The molecule has 0 fully saturated rings. The lowest BCUT2D eigenvalue weighted by atomic mass is 10.3. The Balaban J connectivity index is 2.53. The lowest BCUT2D eigenvalue weighted by Gasteiger charge is -2.00. The summed E-state index contributed by atoms with van der Waals surface area (Å²) in [5, 5.41) is 8.62. The lowest BCUT2D eigenvalue weighted by Crippen LogP contribution is -2.00. The van der Waals surface area contributed by atoms with Crippen molar-refractivity contribution in [2.45, 2.75) is 13.3 Å². The van der Waals surface area contributed by atoms with Gasteiger partial charge >= 0.3 is 5.97 Å². The summed E-state index contributed by atoms with van der Waals surface area (Å²) in [5.74, 6) is 5.02. The van der Waals surface area contributed by atoms with Gasteiger partial charge < -0.3 is 9.84 Å². The van der Waals surface area contributed by atoms with Crippen LogP contribution in [0.2, 0.25) is 0 Å². The minimum absolute atomic E-state index is 0.141. The Bertz CT molecular complexity index is 387. The van der Waals surface area contributed by atoms with E-state index >= 15 is 0 Å². The van der Waals surface area contributed by atoms with E-state index < -0.39 is 5.97 Å². The molecule has 0 saturated heterocycles. The van der Waals surface area contributed by atoms with Crippen molar-refractivity contribution < 1.29 is 14.6 Å². The number of hydrogen-bond donors (Lipinski definition) is 1. The van der Waals surface area contributed by atoms with Gasteiger partial charge in [0.05, 0.1) is 5.56 Å². The number of nitrogens with zero attached hydrogens (tertiary/aromatic N) is 1. The molecule has 78 valence electrons. The van der Waals surface area contributed by atoms with Gasteiger partial charge in [0, 0.05) is 18.7 Å². The third kappa shape index (κ3) is 3.69. The van der Waals surface area contributed by atoms with Crippen molar-refractivity contribution in [3.63, 3.8) is 0 Å². The van der Waals surface area contributed by atoms with Gasteiger partial charge in [-0.25, -0.2) is 9.78 Å². The second-order valence-corrected chi connectivity index (χ2v) is 2.69. The molecule has 0 bridgehead atoms. The molecule has 0 spiro atoms. The average Bonchev–Trinajstić information content (AvgIpc) is 2.25. The Morgan fingerprint density at radius 1 is 1.53 bits per heavy atom. The predicted octanol–water partition coefficient (Wildman–Crippen LogP) is 1.57. The Hall–Kier alpha value is -2.02. The quantitative estimate of drug-likeness (QED) is 0.761. The predicted molar refractivity (Wildman–Crippen MR) is 54.8 cm³/mol. The topological polar surface area (TPSA) is 59.4 Å². The minimum atomic E-state index is -1.00. The molecule has 1 N–H and O–H groups in total. The van der Waals surface area contributed by atoms with E-state index in [1.165, 1.54) is 18.3 Å². The second kappa shape index (κ2) is 5.66. The van der Waals surface area contributed by atoms with Crippen LogP contribution in [-0.4, -0.2) is 22.7 Å². The smallest absolute Gasteiger partial charge is 0.337 e. The maximum absolute atomic E-state index is 10.5. The van der Waals surface area contributed by atoms with Gasteiger partial charge in [-0.2, -0.15) is 0 Å². The maximum Gasteiger partial charge on any atom is 0.337 e. The summed E-state index contributed by atoms with van der Waals surface area (Å²) in [7, 11) is 0. The van der Waals surface area contributed by atoms with Crippen LogP contribution >= 0.6 is 0 Å². The van der Waals surface area contributed by atoms with E-state index in [4.69, 9.17) is 9.84 Å². The molecule has 4 heteroatoms. The van der Waals surface area contributed by atoms with Gasteiger partial charge in [-0.05, 0) is 6.07 Å². The van der Waals surface area contributed by atoms with Crippen LogP contribution in [0.3, 0.4) is 0 Å². The Morgan fingerprint density at radius 3 is 2.87 bits per heavy atom. The number of aromatic nitrogens is 1. The summed E-state index contributed by atoms with van der Waals surface area (Å²) in [5.41, 5.74) is 0.141. The highest BCUT2D eigenvalue weighted by Crippen LogP contribution is 2.06. The van der Waals surface area contributed by atoms with E-state index in [-0.39, 0.29) is 12.2 Å². The molecule has 0 radical (unpaired) electrons. The van der Waals surface area contributed by atoms with Crippen molar-refractivity contribution in [3.8, 4) is 17.7 Å². The van der Waals surface area contributed by atoms with Gasteiger partial charge in [0.1, 0.15) is 0 Å². The first-order valence-corrected chi connectivity index (χ1v) is 4.52. The molecule has 0 aromatic carbocycles. The Labute approximate surface area is 87.9 Å². The molecule has 4 nitrogen and oxygen atoms in total. The van der Waals surface area contributed by atoms with Gasteiger partial charge in [0.2, 0.25) is 5.88 Å². The van der Waals surface area contributed by atoms with Crippen molar-refractivity contribution in [3.05, 3.63) is 23.9 Å². The van der Waals surface area contributed by atoms with Gasteiger partial charge in [-0.1, -0.05) is 12.8 Å². The molecule has 0 saturated carbocycles. The summed E-state index contributed by atoms with van der Waals surface area (Å²) in [4.78, 5) is 14.3. The third-order valence-corrected chi connectivity index (χ3v) is 1.58. The Morgan fingerprint density at radius 2 is 2.33 bits per heavy atom. The van der Waals surface area contributed by atoms with Crippen LogP contribution in [0.4, 0.5) is 0 Å². The molecule has 15 heavy (non-hydrogen) atoms. The van der Waals surface area contributed by atoms with Gasteiger partial charge in [0.25, 0.3) is 0 Å². The summed E-state index contributed by atoms with van der Waals surface area (Å²) < 4.78 is 5.17. The van der Waals surface area contributed by atoms with Crippen LogP contribution in [0, 0.1) is 11.8 Å². The van der Waals surface area contributed by atoms with Crippen LogP contribution in [0.15, 0.2) is 18.3 Å². The molecular formula is C11H11NO3. The van der Waals surface area contributed by atoms with Gasteiger partial charge in [0.15, 0.2) is 6.61 Å². The number of rotatable bonds is 3. The van der Waals surface area contributed by atoms with Crippen LogP contribution in [0.25, 0.3) is 0 Å². The highest BCUT2D eigenvalue weighted by Gasteiger charge is 2.02. The van der Waals surface area contributed by atoms with E-state index in [1.807, 2.05) is 6.92 Å². The van der Waals surface area contributed by atoms with Crippen LogP contribution in [-0.2, 0) is 0 Å². The van der Waals surface area contributed by atoms with Crippen LogP contribution < -0.4 is 4.74 Å². The molecule has 1 aromatic rings. The first-order valence-electron chi connectivity index (χ1n) is 4.52. The number of carboxylic acids is 1. The summed E-state index contributed by atoms with van der Waals surface area (Å²) >= 11 is 0. The largest absolute Gasteiger partial charge is 0.478 e. The number of carboxylic acid groups (broad SMARTS) is 1. The monoisotopic (exact) mass is 205 g/mol. The molecule has 1 aromatic heterocycles. The van der Waals surface area contributed by atoms with Crippen molar-refractivity contribution in [2.75, 3.05) is 6.61 Å². The lowest BCUT2D eigenvalue weighted by molar-refractivity contribution is 0.0696. The minimum Gasteiger partial charge on any atom is -0.478 e. The third-order valence-electron chi connectivity index (χ3n) is 1.58. The van der Waals surface area contributed by atoms with Crippen LogP contribution in [0.5, 0.6) is 5.88 Å². The molecule has 0 aliphatic carbocycles. The van der Waals surface area contributed by atoms with Gasteiger partial charge in [-0.15, -0.1) is 5.92 Å². The van der Waals surface area contributed by atoms with Crippen molar-refractivity contribution in [2.24, 2.45) is 0 Å². The fourth-order valence-electron chi connectivity index (χ4n) is 0.878. The number of aromatic carboxylic acids is 1. The number of ether oxygens (including phenoxy) is 1. The van der Waals surface area contributed by atoms with Crippen molar-refractivity contribution in [1.82, 2.24) is 4.98 Å². The molecule has 0 aliphatic heterocycles. The van der Waals surface area contributed by atoms with E-state index in [0.717, 1.165) is 6.42 Å². The van der Waals surface area contributed by atoms with E-state index in [9.17, 15) is 4.79 Å². The van der Waals surface area contributed by atoms with Gasteiger partial charge in [-0.3, -0.25) is 0 Å². The SMILES string of the molecule is CCC#CCOc1ccc(C(=O)O)cn1. The fraction of sp³-hybridized carbons (Fsp3) is 0.273. The molecule has 1 rings (SSSR count). The summed E-state index contributed by atoms with van der Waals surface area (Å²) in [6, 6.07) is 2.95. The zero-order valence-corrected chi connectivity index (χ0v) is 8.36. The highest BCUT2D eigenvalue weighted by molar-refractivity contribution is 5.87. The van der Waals surface area contributed by atoms with Crippen molar-refractivity contribution >= 4 is 5.97 Å². The normalized spacial score (nSPS) is 8.87. The molecule has 1 heterocycles. The zero-order chi connectivity index (χ0) is 11.1.